The Morgan fingerprint density at radius 2 is 2.20 bits per heavy atom. The first kappa shape index (κ1) is 12.2. The molecule has 86 valence electrons. The minimum absolute atomic E-state index is 0.660. The summed E-state index contributed by atoms with van der Waals surface area (Å²) in [6.45, 7) is 8.94. The summed E-state index contributed by atoms with van der Waals surface area (Å²) in [5.41, 5.74) is 0. The minimum atomic E-state index is 0.660. The van der Waals surface area contributed by atoms with Gasteiger partial charge in [0.25, 0.3) is 0 Å². The van der Waals surface area contributed by atoms with Crippen LogP contribution in [0.3, 0.4) is 0 Å². The lowest BCUT2D eigenvalue weighted by Crippen LogP contribution is -2.34. The molecule has 0 aliphatic rings. The molecule has 1 aromatic rings. The van der Waals surface area contributed by atoms with Crippen LogP contribution in [0.4, 0.5) is 0 Å². The highest BCUT2D eigenvalue weighted by atomic mass is 15.0. The van der Waals surface area contributed by atoms with Crippen LogP contribution in [0.25, 0.3) is 0 Å². The Bertz CT molecular complexity index is 241. The van der Waals surface area contributed by atoms with Crippen LogP contribution < -0.4 is 5.32 Å². The van der Waals surface area contributed by atoms with E-state index in [2.05, 4.69) is 35.6 Å². The molecule has 0 aliphatic heterocycles. The van der Waals surface area contributed by atoms with Crippen molar-refractivity contribution >= 4 is 0 Å². The van der Waals surface area contributed by atoms with Gasteiger partial charge in [0.2, 0.25) is 0 Å². The molecule has 1 unspecified atom stereocenters. The molecule has 0 amide bonds. The molecule has 0 aliphatic carbocycles. The van der Waals surface area contributed by atoms with Crippen molar-refractivity contribution in [3.05, 3.63) is 18.7 Å². The molecule has 1 aromatic heterocycles. The third-order valence-corrected chi connectivity index (χ3v) is 2.80. The van der Waals surface area contributed by atoms with Gasteiger partial charge in [-0.3, -0.25) is 0 Å². The normalized spacial score (nSPS) is 13.3. The molecule has 0 saturated heterocycles. The van der Waals surface area contributed by atoms with Gasteiger partial charge in [-0.25, -0.2) is 4.98 Å². The Hall–Kier alpha value is -0.830. The lowest BCUT2D eigenvalue weighted by atomic mass is 10.0. The Balaban J connectivity index is 2.10. The summed E-state index contributed by atoms with van der Waals surface area (Å²) in [4.78, 5) is 4.02. The molecule has 1 atom stereocenters. The quantitative estimate of drug-likeness (QED) is 0.698. The van der Waals surface area contributed by atoms with Crippen LogP contribution in [-0.2, 0) is 6.54 Å². The lowest BCUT2D eigenvalue weighted by molar-refractivity contribution is 0.382. The predicted molar refractivity (Wildman–Crippen MR) is 63.8 cm³/mol. The second-order valence-electron chi connectivity index (χ2n) is 4.37. The van der Waals surface area contributed by atoms with E-state index < -0.39 is 0 Å². The van der Waals surface area contributed by atoms with E-state index in [0.29, 0.717) is 6.04 Å². The maximum absolute atomic E-state index is 4.02. The number of aromatic nitrogens is 2. The molecule has 3 heteroatoms. The van der Waals surface area contributed by atoms with Crippen molar-refractivity contribution in [1.29, 1.82) is 0 Å². The molecule has 1 rings (SSSR count). The number of hydrogen-bond donors (Lipinski definition) is 1. The first-order valence-corrected chi connectivity index (χ1v) is 5.93. The molecule has 0 saturated carbocycles. The van der Waals surface area contributed by atoms with Crippen molar-refractivity contribution in [2.45, 2.75) is 46.2 Å². The third kappa shape index (κ3) is 4.47. The van der Waals surface area contributed by atoms with Gasteiger partial charge in [-0.15, -0.1) is 0 Å². The van der Waals surface area contributed by atoms with Gasteiger partial charge in [-0.05, 0) is 25.3 Å². The molecule has 0 radical (unpaired) electrons. The van der Waals surface area contributed by atoms with Gasteiger partial charge in [0, 0.05) is 25.0 Å². The summed E-state index contributed by atoms with van der Waals surface area (Å²) in [6, 6.07) is 0.660. The monoisotopic (exact) mass is 209 g/mol. The van der Waals surface area contributed by atoms with E-state index in [0.717, 1.165) is 19.0 Å². The van der Waals surface area contributed by atoms with E-state index in [1.54, 1.807) is 0 Å². The van der Waals surface area contributed by atoms with E-state index >= 15 is 0 Å². The number of imidazole rings is 1. The summed E-state index contributed by atoms with van der Waals surface area (Å²) < 4.78 is 2.12. The van der Waals surface area contributed by atoms with Crippen molar-refractivity contribution in [3.63, 3.8) is 0 Å². The van der Waals surface area contributed by atoms with Crippen molar-refractivity contribution in [2.75, 3.05) is 6.54 Å². The first-order chi connectivity index (χ1) is 7.24. The van der Waals surface area contributed by atoms with Gasteiger partial charge in [-0.2, -0.15) is 0 Å². The van der Waals surface area contributed by atoms with Crippen LogP contribution in [0, 0.1) is 5.92 Å². The van der Waals surface area contributed by atoms with E-state index in [9.17, 15) is 0 Å². The van der Waals surface area contributed by atoms with Crippen molar-refractivity contribution in [3.8, 4) is 0 Å². The fourth-order valence-corrected chi connectivity index (χ4v) is 1.82. The predicted octanol–water partition coefficient (Wildman–Crippen LogP) is 2.30. The van der Waals surface area contributed by atoms with Gasteiger partial charge in [-0.1, -0.05) is 20.8 Å². The van der Waals surface area contributed by atoms with Gasteiger partial charge in [0.1, 0.15) is 0 Å². The van der Waals surface area contributed by atoms with E-state index in [-0.39, 0.29) is 0 Å². The van der Waals surface area contributed by atoms with Crippen molar-refractivity contribution in [2.24, 2.45) is 5.92 Å². The van der Waals surface area contributed by atoms with Crippen LogP contribution in [-0.4, -0.2) is 22.1 Å². The van der Waals surface area contributed by atoms with Crippen LogP contribution in [0.1, 0.15) is 33.6 Å². The summed E-state index contributed by atoms with van der Waals surface area (Å²) in [5, 5.41) is 3.60. The third-order valence-electron chi connectivity index (χ3n) is 2.80. The molecular formula is C12H23N3. The Morgan fingerprint density at radius 1 is 1.40 bits per heavy atom. The van der Waals surface area contributed by atoms with E-state index in [4.69, 9.17) is 0 Å². The number of rotatable bonds is 7. The maximum atomic E-state index is 4.02. The van der Waals surface area contributed by atoms with Gasteiger partial charge >= 0.3 is 0 Å². The maximum Gasteiger partial charge on any atom is 0.0945 e. The number of nitrogens with one attached hydrogen (secondary N) is 1. The summed E-state index contributed by atoms with van der Waals surface area (Å²) in [7, 11) is 0. The highest BCUT2D eigenvalue weighted by Gasteiger charge is 2.08. The Labute approximate surface area is 92.9 Å². The zero-order chi connectivity index (χ0) is 11.1. The molecule has 15 heavy (non-hydrogen) atoms. The van der Waals surface area contributed by atoms with Crippen LogP contribution in [0.2, 0.25) is 0 Å². The number of nitrogens with zero attached hydrogens (tertiary/aromatic N) is 2. The molecule has 1 N–H and O–H groups in total. The minimum Gasteiger partial charge on any atom is -0.337 e. The SMILES string of the molecule is CCC(NCCCn1ccnc1)C(C)C. The second-order valence-corrected chi connectivity index (χ2v) is 4.37. The second kappa shape index (κ2) is 6.62. The fraction of sp³-hybridized carbons (Fsp3) is 0.750. The zero-order valence-electron chi connectivity index (χ0n) is 10.1. The fourth-order valence-electron chi connectivity index (χ4n) is 1.82. The molecule has 0 fully saturated rings. The number of aryl methyl sites for hydroxylation is 1. The molecule has 0 spiro atoms. The summed E-state index contributed by atoms with van der Waals surface area (Å²) in [5.74, 6) is 0.725. The van der Waals surface area contributed by atoms with E-state index in [1.165, 1.54) is 12.8 Å². The highest BCUT2D eigenvalue weighted by Crippen LogP contribution is 2.05. The molecule has 3 nitrogen and oxygen atoms in total. The van der Waals surface area contributed by atoms with E-state index in [1.807, 2.05) is 18.7 Å². The lowest BCUT2D eigenvalue weighted by Gasteiger charge is -2.20. The van der Waals surface area contributed by atoms with Crippen molar-refractivity contribution in [1.82, 2.24) is 14.9 Å². The first-order valence-electron chi connectivity index (χ1n) is 5.93. The molecular weight excluding hydrogens is 186 g/mol. The largest absolute Gasteiger partial charge is 0.337 e. The Kier molecular flexibility index (Phi) is 5.40. The summed E-state index contributed by atoms with van der Waals surface area (Å²) in [6.07, 6.45) is 8.10. The van der Waals surface area contributed by atoms with Gasteiger partial charge < -0.3 is 9.88 Å². The zero-order valence-corrected chi connectivity index (χ0v) is 10.1. The average molecular weight is 209 g/mol. The topological polar surface area (TPSA) is 29.9 Å². The van der Waals surface area contributed by atoms with Crippen LogP contribution in [0.15, 0.2) is 18.7 Å². The average Bonchev–Trinajstić information content (AvgIpc) is 2.70. The molecule has 1 heterocycles. The molecule has 0 bridgehead atoms. The Morgan fingerprint density at radius 3 is 2.73 bits per heavy atom. The van der Waals surface area contributed by atoms with Crippen molar-refractivity contribution < 1.29 is 0 Å². The standard InChI is InChI=1S/C12H23N3/c1-4-12(11(2)3)14-6-5-8-15-9-7-13-10-15/h7,9-12,14H,4-6,8H2,1-3H3. The smallest absolute Gasteiger partial charge is 0.0945 e. The van der Waals surface area contributed by atoms with Gasteiger partial charge in [0.05, 0.1) is 6.33 Å². The number of hydrogen-bond acceptors (Lipinski definition) is 2. The summed E-state index contributed by atoms with van der Waals surface area (Å²) >= 11 is 0. The van der Waals surface area contributed by atoms with Crippen LogP contribution in [0.5, 0.6) is 0 Å². The van der Waals surface area contributed by atoms with Gasteiger partial charge in [0.15, 0.2) is 0 Å². The van der Waals surface area contributed by atoms with Crippen LogP contribution >= 0.6 is 0 Å². The highest BCUT2D eigenvalue weighted by molar-refractivity contribution is 4.74. The molecule has 0 aromatic carbocycles.